The summed E-state index contributed by atoms with van der Waals surface area (Å²) < 4.78 is 0. The van der Waals surface area contributed by atoms with Crippen LogP contribution in [-0.4, -0.2) is 22.6 Å². The lowest BCUT2D eigenvalue weighted by molar-refractivity contribution is 0.694. The minimum atomic E-state index is 0.353. The molecule has 3 nitrogen and oxygen atoms in total. The third-order valence-electron chi connectivity index (χ3n) is 3.21. The molecule has 2 rings (SSSR count). The van der Waals surface area contributed by atoms with E-state index in [1.807, 2.05) is 30.3 Å². The lowest BCUT2D eigenvalue weighted by atomic mass is 10.1. The highest BCUT2D eigenvalue weighted by Crippen LogP contribution is 2.25. The fourth-order valence-electron chi connectivity index (χ4n) is 2.27. The molecular weight excluding hydrogens is 254 g/mol. The third kappa shape index (κ3) is 2.68. The standard InChI is InChI=1S/C15H19N3S/c1-4-18(10(2)3)15-12(14(16)19)9-11-7-5-6-8-13(11)17-15/h5-10H,4H2,1-3H3,(H2,16,19). The van der Waals surface area contributed by atoms with Crippen LogP contribution in [0.3, 0.4) is 0 Å². The SMILES string of the molecule is CCN(c1nc2ccccc2cc1C(N)=S)C(C)C. The van der Waals surface area contributed by atoms with Gasteiger partial charge in [-0.05, 0) is 32.9 Å². The summed E-state index contributed by atoms with van der Waals surface area (Å²) in [6, 6.07) is 10.4. The number of benzene rings is 1. The first kappa shape index (κ1) is 13.7. The van der Waals surface area contributed by atoms with Crippen molar-refractivity contribution >= 4 is 33.9 Å². The van der Waals surface area contributed by atoms with Crippen LogP contribution >= 0.6 is 12.2 Å². The molecule has 4 heteroatoms. The normalized spacial score (nSPS) is 10.9. The Morgan fingerprint density at radius 1 is 1.37 bits per heavy atom. The highest BCUT2D eigenvalue weighted by Gasteiger charge is 2.17. The number of anilines is 1. The van der Waals surface area contributed by atoms with Gasteiger partial charge in [0.15, 0.2) is 0 Å². The van der Waals surface area contributed by atoms with Gasteiger partial charge < -0.3 is 10.6 Å². The molecule has 2 N–H and O–H groups in total. The van der Waals surface area contributed by atoms with E-state index >= 15 is 0 Å². The highest BCUT2D eigenvalue weighted by molar-refractivity contribution is 7.80. The molecule has 0 saturated heterocycles. The van der Waals surface area contributed by atoms with E-state index in [0.717, 1.165) is 28.8 Å². The van der Waals surface area contributed by atoms with Crippen molar-refractivity contribution in [3.05, 3.63) is 35.9 Å². The smallest absolute Gasteiger partial charge is 0.139 e. The fourth-order valence-corrected chi connectivity index (χ4v) is 2.42. The van der Waals surface area contributed by atoms with Gasteiger partial charge in [-0.25, -0.2) is 4.98 Å². The first-order valence-electron chi connectivity index (χ1n) is 6.50. The summed E-state index contributed by atoms with van der Waals surface area (Å²) in [5.41, 5.74) is 7.68. The lowest BCUT2D eigenvalue weighted by Gasteiger charge is -2.28. The number of fused-ring (bicyclic) bond motifs is 1. The van der Waals surface area contributed by atoms with Crippen molar-refractivity contribution in [1.29, 1.82) is 0 Å². The Balaban J connectivity index is 2.69. The molecule has 1 heterocycles. The summed E-state index contributed by atoms with van der Waals surface area (Å²) >= 11 is 5.18. The average molecular weight is 273 g/mol. The van der Waals surface area contributed by atoms with E-state index in [0.29, 0.717) is 11.0 Å². The molecule has 2 aromatic rings. The van der Waals surface area contributed by atoms with Gasteiger partial charge in [-0.2, -0.15) is 0 Å². The van der Waals surface area contributed by atoms with Gasteiger partial charge in [0, 0.05) is 18.0 Å². The summed E-state index contributed by atoms with van der Waals surface area (Å²) in [4.78, 5) is 7.35. The molecule has 0 amide bonds. The molecule has 1 aromatic heterocycles. The molecule has 0 aliphatic rings. The molecule has 0 unspecified atom stereocenters. The first-order chi connectivity index (χ1) is 9.04. The maximum Gasteiger partial charge on any atom is 0.139 e. The molecule has 100 valence electrons. The van der Waals surface area contributed by atoms with Gasteiger partial charge in [-0.3, -0.25) is 0 Å². The van der Waals surface area contributed by atoms with Gasteiger partial charge in [-0.1, -0.05) is 30.4 Å². The van der Waals surface area contributed by atoms with Crippen molar-refractivity contribution in [2.45, 2.75) is 26.8 Å². The topological polar surface area (TPSA) is 42.2 Å². The van der Waals surface area contributed by atoms with Crippen molar-refractivity contribution in [2.24, 2.45) is 5.73 Å². The number of thiocarbonyl (C=S) groups is 1. The third-order valence-corrected chi connectivity index (χ3v) is 3.43. The molecule has 0 bridgehead atoms. The number of hydrogen-bond acceptors (Lipinski definition) is 3. The van der Waals surface area contributed by atoms with Gasteiger partial charge in [0.1, 0.15) is 10.8 Å². The Labute approximate surface area is 119 Å². The minimum Gasteiger partial charge on any atom is -0.389 e. The second-order valence-electron chi connectivity index (χ2n) is 4.80. The van der Waals surface area contributed by atoms with Crippen LogP contribution in [0.4, 0.5) is 5.82 Å². The van der Waals surface area contributed by atoms with Crippen molar-refractivity contribution in [1.82, 2.24) is 4.98 Å². The highest BCUT2D eigenvalue weighted by atomic mass is 32.1. The average Bonchev–Trinajstić information content (AvgIpc) is 2.38. The van der Waals surface area contributed by atoms with E-state index in [1.54, 1.807) is 0 Å². The van der Waals surface area contributed by atoms with Crippen molar-refractivity contribution < 1.29 is 0 Å². The molecule has 1 aromatic carbocycles. The fraction of sp³-hybridized carbons (Fsp3) is 0.333. The zero-order valence-corrected chi connectivity index (χ0v) is 12.4. The van der Waals surface area contributed by atoms with Crippen LogP contribution in [0.2, 0.25) is 0 Å². The summed E-state index contributed by atoms with van der Waals surface area (Å²) in [5, 5.41) is 1.06. The molecule has 0 fully saturated rings. The second-order valence-corrected chi connectivity index (χ2v) is 5.24. The molecule has 0 saturated carbocycles. The van der Waals surface area contributed by atoms with Crippen LogP contribution in [-0.2, 0) is 0 Å². The van der Waals surface area contributed by atoms with E-state index in [2.05, 4.69) is 25.7 Å². The van der Waals surface area contributed by atoms with Gasteiger partial charge in [-0.15, -0.1) is 0 Å². The van der Waals surface area contributed by atoms with E-state index in [-0.39, 0.29) is 0 Å². The van der Waals surface area contributed by atoms with E-state index in [1.165, 1.54) is 0 Å². The zero-order chi connectivity index (χ0) is 14.0. The Hall–Kier alpha value is -1.68. The van der Waals surface area contributed by atoms with Gasteiger partial charge in [0.2, 0.25) is 0 Å². The van der Waals surface area contributed by atoms with Crippen molar-refractivity contribution in [2.75, 3.05) is 11.4 Å². The Kier molecular flexibility index (Phi) is 4.00. The number of pyridine rings is 1. The lowest BCUT2D eigenvalue weighted by Crippen LogP contribution is -2.33. The van der Waals surface area contributed by atoms with Crippen LogP contribution in [0.25, 0.3) is 10.9 Å². The quantitative estimate of drug-likeness (QED) is 0.869. The van der Waals surface area contributed by atoms with Gasteiger partial charge in [0.25, 0.3) is 0 Å². The molecule has 19 heavy (non-hydrogen) atoms. The zero-order valence-electron chi connectivity index (χ0n) is 11.6. The van der Waals surface area contributed by atoms with E-state index < -0.39 is 0 Å². The summed E-state index contributed by atoms with van der Waals surface area (Å²) in [6.45, 7) is 7.27. The predicted octanol–water partition coefficient (Wildman–Crippen LogP) is 3.10. The number of aromatic nitrogens is 1. The Morgan fingerprint density at radius 2 is 2.05 bits per heavy atom. The largest absolute Gasteiger partial charge is 0.389 e. The summed E-state index contributed by atoms with van der Waals surface area (Å²) in [7, 11) is 0. The number of hydrogen-bond donors (Lipinski definition) is 1. The van der Waals surface area contributed by atoms with Crippen LogP contribution < -0.4 is 10.6 Å². The summed E-state index contributed by atoms with van der Waals surface area (Å²) in [5.74, 6) is 0.878. The number of para-hydroxylation sites is 1. The molecular formula is C15H19N3S. The number of nitrogens with zero attached hydrogens (tertiary/aromatic N) is 2. The molecule has 0 aliphatic heterocycles. The first-order valence-corrected chi connectivity index (χ1v) is 6.91. The molecule has 0 atom stereocenters. The van der Waals surface area contributed by atoms with Crippen LogP contribution in [0, 0.1) is 0 Å². The summed E-state index contributed by atoms with van der Waals surface area (Å²) in [6.07, 6.45) is 0. The number of rotatable bonds is 4. The van der Waals surface area contributed by atoms with Crippen LogP contribution in [0.5, 0.6) is 0 Å². The Morgan fingerprint density at radius 3 is 2.63 bits per heavy atom. The van der Waals surface area contributed by atoms with Crippen molar-refractivity contribution in [3.63, 3.8) is 0 Å². The maximum absolute atomic E-state index is 5.86. The second kappa shape index (κ2) is 5.53. The van der Waals surface area contributed by atoms with Crippen LogP contribution in [0.1, 0.15) is 26.3 Å². The predicted molar refractivity (Wildman–Crippen MR) is 85.8 cm³/mol. The van der Waals surface area contributed by atoms with E-state index in [9.17, 15) is 0 Å². The molecule has 0 radical (unpaired) electrons. The Bertz CT molecular complexity index is 607. The van der Waals surface area contributed by atoms with E-state index in [4.69, 9.17) is 22.9 Å². The molecule has 0 aliphatic carbocycles. The van der Waals surface area contributed by atoms with Gasteiger partial charge in [0.05, 0.1) is 11.1 Å². The van der Waals surface area contributed by atoms with Crippen LogP contribution in [0.15, 0.2) is 30.3 Å². The monoisotopic (exact) mass is 273 g/mol. The van der Waals surface area contributed by atoms with Crippen molar-refractivity contribution in [3.8, 4) is 0 Å². The number of nitrogens with two attached hydrogens (primary N) is 1. The minimum absolute atomic E-state index is 0.353. The van der Waals surface area contributed by atoms with Gasteiger partial charge >= 0.3 is 0 Å². The maximum atomic E-state index is 5.86. The molecule has 0 spiro atoms.